The predicted molar refractivity (Wildman–Crippen MR) is 122 cm³/mol. The van der Waals surface area contributed by atoms with E-state index < -0.39 is 6.23 Å². The quantitative estimate of drug-likeness (QED) is 0.393. The van der Waals surface area contributed by atoms with Crippen LogP contribution in [0.15, 0.2) is 60.7 Å². The van der Waals surface area contributed by atoms with Crippen molar-refractivity contribution in [2.24, 2.45) is 0 Å². The monoisotopic (exact) mass is 411 g/mol. The van der Waals surface area contributed by atoms with Crippen molar-refractivity contribution in [2.75, 3.05) is 6.61 Å². The van der Waals surface area contributed by atoms with Crippen LogP contribution in [0.25, 0.3) is 11.0 Å². The molecule has 2 aromatic carbocycles. The summed E-state index contributed by atoms with van der Waals surface area (Å²) in [5, 5.41) is 0. The van der Waals surface area contributed by atoms with Crippen LogP contribution in [0.2, 0.25) is 0 Å². The lowest BCUT2D eigenvalue weighted by molar-refractivity contribution is 0.0555. The molecule has 0 aliphatic rings. The molecule has 0 radical (unpaired) electrons. The van der Waals surface area contributed by atoms with Crippen LogP contribution < -0.4 is 4.74 Å². The molecule has 0 saturated carbocycles. The molecule has 0 aliphatic carbocycles. The summed E-state index contributed by atoms with van der Waals surface area (Å²) < 4.78 is 14.2. The molecule has 5 nitrogen and oxygen atoms in total. The van der Waals surface area contributed by atoms with E-state index in [1.807, 2.05) is 92.9 Å². The maximum absolute atomic E-state index is 6.10. The first-order chi connectivity index (χ1) is 15.1. The second-order valence-electron chi connectivity index (χ2n) is 7.21. The SMILES string of the molecule is CCOC(C#Cc1ccccc1)n1c(C)nc2c(Oc3ccccc3)nc(C)c(C)c21. The van der Waals surface area contributed by atoms with Crippen LogP contribution in [0.3, 0.4) is 0 Å². The van der Waals surface area contributed by atoms with Crippen LogP contribution in [-0.4, -0.2) is 21.1 Å². The molecule has 31 heavy (non-hydrogen) atoms. The van der Waals surface area contributed by atoms with Gasteiger partial charge in [0.1, 0.15) is 11.6 Å². The molecule has 4 aromatic rings. The zero-order valence-electron chi connectivity index (χ0n) is 18.2. The normalized spacial score (nSPS) is 11.7. The molecule has 0 bridgehead atoms. The molecule has 5 heteroatoms. The van der Waals surface area contributed by atoms with Crippen molar-refractivity contribution >= 4 is 11.0 Å². The van der Waals surface area contributed by atoms with Gasteiger partial charge in [0.25, 0.3) is 0 Å². The molecule has 0 saturated heterocycles. The fourth-order valence-electron chi connectivity index (χ4n) is 3.48. The van der Waals surface area contributed by atoms with Gasteiger partial charge in [0.05, 0.1) is 5.52 Å². The summed E-state index contributed by atoms with van der Waals surface area (Å²) in [6, 6.07) is 19.5. The van der Waals surface area contributed by atoms with Gasteiger partial charge in [-0.2, -0.15) is 0 Å². The number of hydrogen-bond acceptors (Lipinski definition) is 4. The van der Waals surface area contributed by atoms with Gasteiger partial charge in [-0.1, -0.05) is 42.3 Å². The van der Waals surface area contributed by atoms with Crippen molar-refractivity contribution in [1.82, 2.24) is 14.5 Å². The predicted octanol–water partition coefficient (Wildman–Crippen LogP) is 5.74. The summed E-state index contributed by atoms with van der Waals surface area (Å²) in [6.45, 7) is 8.48. The lowest BCUT2D eigenvalue weighted by Gasteiger charge is -2.17. The van der Waals surface area contributed by atoms with Crippen molar-refractivity contribution in [3.8, 4) is 23.5 Å². The number of para-hydroxylation sites is 1. The molecule has 0 spiro atoms. The largest absolute Gasteiger partial charge is 0.437 e. The summed E-state index contributed by atoms with van der Waals surface area (Å²) in [5.74, 6) is 8.50. The highest BCUT2D eigenvalue weighted by atomic mass is 16.5. The van der Waals surface area contributed by atoms with E-state index >= 15 is 0 Å². The number of imidazole rings is 1. The second kappa shape index (κ2) is 9.03. The van der Waals surface area contributed by atoms with Crippen molar-refractivity contribution < 1.29 is 9.47 Å². The summed E-state index contributed by atoms with van der Waals surface area (Å²) in [6.07, 6.45) is -0.472. The molecule has 1 atom stereocenters. The Morgan fingerprint density at radius 1 is 0.935 bits per heavy atom. The van der Waals surface area contributed by atoms with Crippen molar-refractivity contribution in [3.63, 3.8) is 0 Å². The fraction of sp³-hybridized carbons (Fsp3) is 0.231. The highest BCUT2D eigenvalue weighted by Gasteiger charge is 2.22. The third kappa shape index (κ3) is 4.30. The lowest BCUT2D eigenvalue weighted by Crippen LogP contribution is -2.13. The highest BCUT2D eigenvalue weighted by molar-refractivity contribution is 5.85. The van der Waals surface area contributed by atoms with Gasteiger partial charge in [-0.15, -0.1) is 0 Å². The van der Waals surface area contributed by atoms with Crippen LogP contribution in [-0.2, 0) is 4.74 Å². The minimum absolute atomic E-state index is 0.472. The van der Waals surface area contributed by atoms with Crippen molar-refractivity contribution in [2.45, 2.75) is 33.9 Å². The van der Waals surface area contributed by atoms with Gasteiger partial charge in [-0.3, -0.25) is 4.57 Å². The van der Waals surface area contributed by atoms with Gasteiger partial charge in [0.2, 0.25) is 5.88 Å². The van der Waals surface area contributed by atoms with Crippen molar-refractivity contribution in [3.05, 3.63) is 83.3 Å². The van der Waals surface area contributed by atoms with Gasteiger partial charge >= 0.3 is 0 Å². The topological polar surface area (TPSA) is 49.2 Å². The summed E-state index contributed by atoms with van der Waals surface area (Å²) in [7, 11) is 0. The Labute approximate surface area is 182 Å². The van der Waals surface area contributed by atoms with Crippen molar-refractivity contribution in [1.29, 1.82) is 0 Å². The van der Waals surface area contributed by atoms with E-state index in [4.69, 9.17) is 14.5 Å². The Kier molecular flexibility index (Phi) is 6.01. The molecule has 4 rings (SSSR count). The molecule has 0 amide bonds. The zero-order chi connectivity index (χ0) is 21.8. The molecule has 0 aliphatic heterocycles. The van der Waals surface area contributed by atoms with Crippen LogP contribution >= 0.6 is 0 Å². The van der Waals surface area contributed by atoms with E-state index in [1.165, 1.54) is 0 Å². The number of hydrogen-bond donors (Lipinski definition) is 0. The van der Waals surface area contributed by atoms with E-state index in [0.29, 0.717) is 18.0 Å². The zero-order valence-corrected chi connectivity index (χ0v) is 18.2. The second-order valence-corrected chi connectivity index (χ2v) is 7.21. The molecular formula is C26H25N3O2. The summed E-state index contributed by atoms with van der Waals surface area (Å²) in [5.41, 5.74) is 4.48. The molecule has 0 fully saturated rings. The van der Waals surface area contributed by atoms with E-state index in [-0.39, 0.29) is 0 Å². The van der Waals surface area contributed by atoms with Gasteiger partial charge in [0, 0.05) is 17.9 Å². The Bertz CT molecular complexity index is 1250. The van der Waals surface area contributed by atoms with E-state index in [0.717, 1.165) is 33.9 Å². The first-order valence-corrected chi connectivity index (χ1v) is 10.3. The standard InChI is InChI=1S/C26H25N3O2/c1-5-30-23(17-16-21-12-8-6-9-13-21)29-20(4)28-24-25(29)18(2)19(3)27-26(24)31-22-14-10-7-11-15-22/h6-15,23H,5H2,1-4H3. The van der Waals surface area contributed by atoms with E-state index in [2.05, 4.69) is 16.8 Å². The van der Waals surface area contributed by atoms with Gasteiger partial charge in [-0.25, -0.2) is 9.97 Å². The maximum Gasteiger partial charge on any atom is 0.247 e. The number of ether oxygens (including phenoxy) is 2. The Hall–Kier alpha value is -3.62. The number of aryl methyl sites for hydroxylation is 3. The average molecular weight is 412 g/mol. The number of benzene rings is 2. The van der Waals surface area contributed by atoms with Gasteiger partial charge < -0.3 is 9.47 Å². The molecule has 2 heterocycles. The molecule has 1 unspecified atom stereocenters. The van der Waals surface area contributed by atoms with Crippen LogP contribution in [0.5, 0.6) is 11.6 Å². The van der Waals surface area contributed by atoms with Gasteiger partial charge in [-0.05, 0) is 63.4 Å². The summed E-state index contributed by atoms with van der Waals surface area (Å²) in [4.78, 5) is 9.47. The first kappa shape index (κ1) is 20.6. The molecular weight excluding hydrogens is 386 g/mol. The maximum atomic E-state index is 6.10. The van der Waals surface area contributed by atoms with Crippen LogP contribution in [0, 0.1) is 32.6 Å². The third-order valence-corrected chi connectivity index (χ3v) is 5.09. The Morgan fingerprint density at radius 3 is 2.29 bits per heavy atom. The fourth-order valence-corrected chi connectivity index (χ4v) is 3.48. The number of nitrogens with zero attached hydrogens (tertiary/aromatic N) is 3. The average Bonchev–Trinajstić information content (AvgIpc) is 3.13. The van der Waals surface area contributed by atoms with Crippen LogP contribution in [0.4, 0.5) is 0 Å². The number of fused-ring (bicyclic) bond motifs is 1. The minimum atomic E-state index is -0.472. The molecule has 156 valence electrons. The minimum Gasteiger partial charge on any atom is -0.437 e. The van der Waals surface area contributed by atoms with Crippen LogP contribution in [0.1, 0.15) is 35.8 Å². The third-order valence-electron chi connectivity index (χ3n) is 5.09. The molecule has 2 aromatic heterocycles. The summed E-state index contributed by atoms with van der Waals surface area (Å²) >= 11 is 0. The smallest absolute Gasteiger partial charge is 0.247 e. The van der Waals surface area contributed by atoms with Gasteiger partial charge in [0.15, 0.2) is 11.7 Å². The number of rotatable bonds is 5. The van der Waals surface area contributed by atoms with E-state index in [9.17, 15) is 0 Å². The van der Waals surface area contributed by atoms with E-state index in [1.54, 1.807) is 0 Å². The molecule has 0 N–H and O–H groups in total. The first-order valence-electron chi connectivity index (χ1n) is 10.3. The number of aromatic nitrogens is 3. The lowest BCUT2D eigenvalue weighted by atomic mass is 10.2. The number of pyridine rings is 1. The highest BCUT2D eigenvalue weighted by Crippen LogP contribution is 2.33. The Morgan fingerprint density at radius 2 is 1.61 bits per heavy atom. The Balaban J connectivity index is 1.85.